The summed E-state index contributed by atoms with van der Waals surface area (Å²) in [5.41, 5.74) is 0. The Kier molecular flexibility index (Phi) is 45.2. The second kappa shape index (κ2) is 48.7. The highest BCUT2D eigenvalue weighted by Gasteiger charge is 2.48. The first-order chi connectivity index (χ1) is 35.1. The Morgan fingerprint density at radius 3 is 1.40 bits per heavy atom. The molecule has 0 bridgehead atoms. The highest BCUT2D eigenvalue weighted by atomic mass is 32.3. The molecule has 13 heteroatoms. The first-order valence-corrected chi connectivity index (χ1v) is 29.0. The number of carbonyl (C=O) groups is 1. The molecule has 0 aromatic carbocycles. The number of hydrogen-bond acceptors (Lipinski definition) is 11. The monoisotopic (exact) mass is 1030 g/mol. The summed E-state index contributed by atoms with van der Waals surface area (Å²) in [5.74, 6) is -0.427. The van der Waals surface area contributed by atoms with Crippen molar-refractivity contribution in [2.75, 3.05) is 26.4 Å². The Balaban J connectivity index is 2.37. The van der Waals surface area contributed by atoms with Gasteiger partial charge < -0.3 is 34.3 Å². The van der Waals surface area contributed by atoms with Crippen molar-refractivity contribution < 1.29 is 56.2 Å². The Hall–Kier alpha value is -3.24. The molecule has 12 nitrogen and oxygen atoms in total. The number of aliphatic hydroxyl groups excluding tert-OH is 3. The van der Waals surface area contributed by atoms with Gasteiger partial charge in [-0.15, -0.1) is 0 Å². The van der Waals surface area contributed by atoms with E-state index in [2.05, 4.69) is 127 Å². The van der Waals surface area contributed by atoms with E-state index in [1.807, 2.05) is 0 Å². The molecule has 0 amide bonds. The molecular weight excluding hydrogens is 933 g/mol. The van der Waals surface area contributed by atoms with Gasteiger partial charge in [-0.25, -0.2) is 4.18 Å². The summed E-state index contributed by atoms with van der Waals surface area (Å²) in [6.45, 7) is 3.70. The van der Waals surface area contributed by atoms with Crippen LogP contribution < -0.4 is 0 Å². The highest BCUT2D eigenvalue weighted by molar-refractivity contribution is 7.80. The third kappa shape index (κ3) is 41.1. The largest absolute Gasteiger partial charge is 0.457 e. The zero-order valence-electron chi connectivity index (χ0n) is 44.4. The molecule has 1 saturated heterocycles. The number of ether oxygens (including phenoxy) is 4. The van der Waals surface area contributed by atoms with Gasteiger partial charge in [0.2, 0.25) is 0 Å². The molecule has 0 radical (unpaired) electrons. The topological polar surface area (TPSA) is 178 Å². The number of allylic oxidation sites excluding steroid dienone is 18. The van der Waals surface area contributed by atoms with E-state index in [4.69, 9.17) is 18.9 Å². The molecule has 0 saturated carbocycles. The predicted octanol–water partition coefficient (Wildman–Crippen LogP) is 13.5. The van der Waals surface area contributed by atoms with E-state index >= 15 is 0 Å². The Bertz CT molecular complexity index is 1660. The molecule has 0 spiro atoms. The SMILES string of the molecule is CC/C=C\C/C=C\C/C=C\C/C=C\C/C=C\C/C=C\CCCOCC(COC1OC(CO)C(O)C(OS(=O)(=O)O)C1O)OC(=O)CCCCCCCCCCCC/C=C\C/C=C\C/C=C\CCCCCCC. The molecule has 6 atom stereocenters. The van der Waals surface area contributed by atoms with Gasteiger partial charge in [0.05, 0.1) is 19.8 Å². The van der Waals surface area contributed by atoms with Crippen LogP contribution >= 0.6 is 0 Å². The van der Waals surface area contributed by atoms with Gasteiger partial charge >= 0.3 is 16.4 Å². The molecule has 0 aliphatic carbocycles. The van der Waals surface area contributed by atoms with Gasteiger partial charge in [0, 0.05) is 13.0 Å². The zero-order valence-corrected chi connectivity index (χ0v) is 45.3. The lowest BCUT2D eigenvalue weighted by Crippen LogP contribution is -2.60. The second-order valence-electron chi connectivity index (χ2n) is 18.4. The Morgan fingerprint density at radius 2 is 0.958 bits per heavy atom. The van der Waals surface area contributed by atoms with Crippen molar-refractivity contribution >= 4 is 16.4 Å². The lowest BCUT2D eigenvalue weighted by molar-refractivity contribution is -0.301. The summed E-state index contributed by atoms with van der Waals surface area (Å²) < 4.78 is 59.3. The fourth-order valence-corrected chi connectivity index (χ4v) is 8.26. The van der Waals surface area contributed by atoms with Crippen LogP contribution in [0.2, 0.25) is 0 Å². The summed E-state index contributed by atoms with van der Waals surface area (Å²) in [5, 5.41) is 30.8. The number of aliphatic hydroxyl groups is 3. The number of carbonyl (C=O) groups excluding carboxylic acids is 1. The molecule has 1 heterocycles. The minimum absolute atomic E-state index is 0.0126. The van der Waals surface area contributed by atoms with Crippen molar-refractivity contribution in [3.63, 3.8) is 0 Å². The standard InChI is InChI=1S/C59H98O12S/c1-3-5-7-9-11-13-15-17-19-21-23-25-26-27-28-29-30-32-34-36-38-40-42-44-46-48-55(61)69-53(52-68-59-57(63)58(71-72(64,65)66)56(62)54(50-60)70-59)51-67-49-47-45-43-41-39-37-35-33-31-24-22-20-18-16-14-12-10-8-6-4-2/h6,8,12,14-15,17-18,20-21,23-24,26-27,31,35,37,41,43,53-54,56-60,62-63H,3-5,7,9-11,13,16,19,22,25,28-30,32-34,36,38-40,42,44-52H2,1-2H3,(H,64,65,66)/b8-6-,14-12-,17-15-,20-18-,23-21-,27-26-,31-24-,37-35-,43-41-. The molecule has 0 aromatic heterocycles. The van der Waals surface area contributed by atoms with Crippen molar-refractivity contribution in [1.29, 1.82) is 0 Å². The summed E-state index contributed by atoms with van der Waals surface area (Å²) in [6, 6.07) is 0. The molecule has 1 aliphatic rings. The second-order valence-corrected chi connectivity index (χ2v) is 19.5. The summed E-state index contributed by atoms with van der Waals surface area (Å²) in [7, 11) is -5.08. The quantitative estimate of drug-likeness (QED) is 0.0197. The van der Waals surface area contributed by atoms with Gasteiger partial charge in [-0.3, -0.25) is 9.35 Å². The summed E-state index contributed by atoms with van der Waals surface area (Å²) in [4.78, 5) is 12.9. The normalized spacial score (nSPS) is 19.8. The number of hydrogen-bond donors (Lipinski definition) is 4. The first-order valence-electron chi connectivity index (χ1n) is 27.6. The predicted molar refractivity (Wildman–Crippen MR) is 294 cm³/mol. The minimum atomic E-state index is -5.08. The third-order valence-corrected chi connectivity index (χ3v) is 12.3. The lowest BCUT2D eigenvalue weighted by atomic mass is 9.99. The van der Waals surface area contributed by atoms with Crippen LogP contribution in [-0.2, 0) is 38.3 Å². The van der Waals surface area contributed by atoms with Crippen LogP contribution in [0.3, 0.4) is 0 Å². The van der Waals surface area contributed by atoms with Gasteiger partial charge in [-0.2, -0.15) is 8.42 Å². The smallest absolute Gasteiger partial charge is 0.397 e. The lowest BCUT2D eigenvalue weighted by Gasteiger charge is -2.41. The number of esters is 1. The van der Waals surface area contributed by atoms with E-state index in [-0.39, 0.29) is 19.6 Å². The van der Waals surface area contributed by atoms with Gasteiger partial charge in [0.1, 0.15) is 30.5 Å². The summed E-state index contributed by atoms with van der Waals surface area (Å²) >= 11 is 0. The molecule has 0 aromatic rings. The van der Waals surface area contributed by atoms with Gasteiger partial charge in [-0.1, -0.05) is 200 Å². The maximum Gasteiger partial charge on any atom is 0.397 e. The van der Waals surface area contributed by atoms with Crippen LogP contribution in [-0.4, -0.2) is 97.5 Å². The average Bonchev–Trinajstić information content (AvgIpc) is 3.36. The van der Waals surface area contributed by atoms with Gasteiger partial charge in [0.25, 0.3) is 0 Å². The average molecular weight is 1030 g/mol. The fourth-order valence-electron chi connectivity index (χ4n) is 7.75. The molecule has 412 valence electrons. The molecule has 1 fully saturated rings. The van der Waals surface area contributed by atoms with Crippen LogP contribution in [0.5, 0.6) is 0 Å². The van der Waals surface area contributed by atoms with Gasteiger partial charge in [-0.05, 0) is 96.3 Å². The first kappa shape index (κ1) is 66.8. The Labute approximate surface area is 437 Å². The summed E-state index contributed by atoms with van der Waals surface area (Å²) in [6.07, 6.45) is 59.9. The highest BCUT2D eigenvalue weighted by Crippen LogP contribution is 2.26. The van der Waals surface area contributed by atoms with Crippen molar-refractivity contribution in [2.24, 2.45) is 0 Å². The molecule has 72 heavy (non-hydrogen) atoms. The van der Waals surface area contributed by atoms with Crippen molar-refractivity contribution in [1.82, 2.24) is 0 Å². The maximum absolute atomic E-state index is 12.9. The zero-order chi connectivity index (χ0) is 52.4. The maximum atomic E-state index is 12.9. The van der Waals surface area contributed by atoms with Crippen LogP contribution in [0.25, 0.3) is 0 Å². The van der Waals surface area contributed by atoms with Gasteiger partial charge in [0.15, 0.2) is 6.29 Å². The fraction of sp³-hybridized carbons (Fsp3) is 0.678. The van der Waals surface area contributed by atoms with E-state index in [1.165, 1.54) is 77.0 Å². The van der Waals surface area contributed by atoms with Crippen LogP contribution in [0.4, 0.5) is 0 Å². The van der Waals surface area contributed by atoms with Crippen LogP contribution in [0.15, 0.2) is 109 Å². The number of unbranched alkanes of at least 4 members (excludes halogenated alkanes) is 16. The van der Waals surface area contributed by atoms with Crippen LogP contribution in [0, 0.1) is 0 Å². The molecule has 1 aliphatic heterocycles. The minimum Gasteiger partial charge on any atom is -0.457 e. The van der Waals surface area contributed by atoms with Crippen molar-refractivity contribution in [3.05, 3.63) is 109 Å². The molecule has 6 unspecified atom stereocenters. The van der Waals surface area contributed by atoms with E-state index in [0.717, 1.165) is 89.9 Å². The van der Waals surface area contributed by atoms with Crippen molar-refractivity contribution in [2.45, 2.75) is 230 Å². The van der Waals surface area contributed by atoms with E-state index in [1.54, 1.807) is 0 Å². The third-order valence-electron chi connectivity index (χ3n) is 11.9. The van der Waals surface area contributed by atoms with E-state index in [9.17, 15) is 33.1 Å². The number of rotatable bonds is 47. The molecule has 1 rings (SSSR count). The Morgan fingerprint density at radius 1 is 0.542 bits per heavy atom. The van der Waals surface area contributed by atoms with E-state index in [0.29, 0.717) is 13.0 Å². The molecule has 4 N–H and O–H groups in total. The van der Waals surface area contributed by atoms with Crippen molar-refractivity contribution in [3.8, 4) is 0 Å². The molecular formula is C59H98O12S. The van der Waals surface area contributed by atoms with E-state index < -0.39 is 59.8 Å². The van der Waals surface area contributed by atoms with Crippen LogP contribution in [0.1, 0.15) is 194 Å².